The normalized spacial score (nSPS) is 8.17. The summed E-state index contributed by atoms with van der Waals surface area (Å²) in [4.78, 5) is 0. The first kappa shape index (κ1) is 6.05. The molecule has 0 heterocycles. The maximum atomic E-state index is 8.07. The Hall–Kier alpha value is 0.0499. The molecule has 4 heteroatoms. The molecule has 0 aromatic heterocycles. The fourth-order valence-corrected chi connectivity index (χ4v) is 0.209. The minimum Gasteiger partial charge on any atom is -0.447 e. The van der Waals surface area contributed by atoms with E-state index >= 15 is 0 Å². The third-order valence-electron chi connectivity index (χ3n) is 0.440. The number of hydrogen-bond acceptors (Lipinski definition) is 2. The van der Waals surface area contributed by atoms with Gasteiger partial charge >= 0.3 is 0 Å². The highest BCUT2D eigenvalue weighted by Gasteiger charge is 1.76. The van der Waals surface area contributed by atoms with Gasteiger partial charge in [0.1, 0.15) is 7.74 Å². The first-order valence-corrected chi connectivity index (χ1v) is 2.10. The van der Waals surface area contributed by atoms with Gasteiger partial charge in [0.25, 0.3) is 0 Å². The summed E-state index contributed by atoms with van der Waals surface area (Å²) in [5.41, 5.74) is 0. The fraction of sp³-hybridized carbons (Fsp3) is 1.00. The van der Waals surface area contributed by atoms with E-state index in [-0.39, 0.29) is 6.61 Å². The molecule has 0 atom stereocenters. The molecular formula is C2H8B2O2. The lowest BCUT2D eigenvalue weighted by Crippen LogP contribution is -2.02. The van der Waals surface area contributed by atoms with Gasteiger partial charge in [0.15, 0.2) is 0 Å². The van der Waals surface area contributed by atoms with Gasteiger partial charge in [0.2, 0.25) is 7.37 Å². The van der Waals surface area contributed by atoms with Crippen LogP contribution in [0, 0.1) is 0 Å². The van der Waals surface area contributed by atoms with Gasteiger partial charge in [-0.25, -0.2) is 0 Å². The van der Waals surface area contributed by atoms with Gasteiger partial charge in [0.05, 0.1) is 13.2 Å². The maximum absolute atomic E-state index is 8.07. The van der Waals surface area contributed by atoms with E-state index in [1.165, 1.54) is 0 Å². The van der Waals surface area contributed by atoms with Crippen LogP contribution < -0.4 is 0 Å². The maximum Gasteiger partial charge on any atom is 0.230 e. The zero-order chi connectivity index (χ0) is 4.83. The molecule has 0 aliphatic heterocycles. The van der Waals surface area contributed by atoms with E-state index in [0.717, 1.165) is 0 Å². The van der Waals surface area contributed by atoms with E-state index in [4.69, 9.17) is 9.76 Å². The minimum absolute atomic E-state index is 0.133. The molecule has 0 radical (unpaired) electrons. The van der Waals surface area contributed by atoms with Crippen molar-refractivity contribution in [3.05, 3.63) is 0 Å². The molecule has 0 aliphatic rings. The Kier molecular flexibility index (Phi) is 5.09. The second kappa shape index (κ2) is 5.05. The Morgan fingerprint density at radius 1 is 1.83 bits per heavy atom. The average Bonchev–Trinajstić information content (AvgIpc) is 1.61. The topological polar surface area (TPSA) is 29.5 Å². The van der Waals surface area contributed by atoms with Crippen LogP contribution in [0.2, 0.25) is 0 Å². The highest BCUT2D eigenvalue weighted by atomic mass is 16.4. The van der Waals surface area contributed by atoms with Crippen LogP contribution in [0.25, 0.3) is 0 Å². The molecule has 0 rings (SSSR count). The van der Waals surface area contributed by atoms with Gasteiger partial charge in [0, 0.05) is 0 Å². The Labute approximate surface area is 39.2 Å². The molecule has 1 N–H and O–H groups in total. The minimum atomic E-state index is 0.133. The third kappa shape index (κ3) is 4.05. The van der Waals surface area contributed by atoms with Crippen LogP contribution in [0.3, 0.4) is 0 Å². The van der Waals surface area contributed by atoms with Crippen LogP contribution in [-0.4, -0.2) is 33.4 Å². The second-order valence-corrected chi connectivity index (χ2v) is 0.921. The van der Waals surface area contributed by atoms with Crippen molar-refractivity contribution in [3.63, 3.8) is 0 Å². The lowest BCUT2D eigenvalue weighted by molar-refractivity contribution is 0.210. The highest BCUT2D eigenvalue weighted by molar-refractivity contribution is 6.85. The largest absolute Gasteiger partial charge is 0.447 e. The smallest absolute Gasteiger partial charge is 0.230 e. The zero-order valence-corrected chi connectivity index (χ0v) is 3.98. The van der Waals surface area contributed by atoms with Crippen molar-refractivity contribution in [2.75, 3.05) is 13.2 Å². The van der Waals surface area contributed by atoms with E-state index < -0.39 is 0 Å². The summed E-state index contributed by atoms with van der Waals surface area (Å²) in [5.74, 6) is 0. The molecule has 2 nitrogen and oxygen atoms in total. The summed E-state index contributed by atoms with van der Waals surface area (Å²) in [6.45, 7) is 0.602. The average molecular weight is 85.7 g/mol. The van der Waals surface area contributed by atoms with E-state index in [0.29, 0.717) is 14.0 Å². The molecule has 0 aromatic carbocycles. The summed E-state index contributed by atoms with van der Waals surface area (Å²) in [6.07, 6.45) is 0. The summed E-state index contributed by atoms with van der Waals surface area (Å²) < 4.78 is 4.73. The standard InChI is InChI=1S/C2H8B2O2/c3-4-6-2-1-5/h4-5H,1-3H2. The number of aliphatic hydroxyl groups excluding tert-OH is 1. The Balaban J connectivity index is 2.34. The van der Waals surface area contributed by atoms with Crippen LogP contribution in [0.5, 0.6) is 0 Å². The van der Waals surface area contributed by atoms with Crippen LogP contribution in [0.1, 0.15) is 0 Å². The van der Waals surface area contributed by atoms with Crippen molar-refractivity contribution in [1.82, 2.24) is 0 Å². The number of rotatable bonds is 3. The van der Waals surface area contributed by atoms with Crippen molar-refractivity contribution in [2.24, 2.45) is 0 Å². The lowest BCUT2D eigenvalue weighted by atomic mass is 9.72. The second-order valence-electron chi connectivity index (χ2n) is 0.921. The quantitative estimate of drug-likeness (QED) is 0.314. The van der Waals surface area contributed by atoms with Crippen LogP contribution >= 0.6 is 0 Å². The molecule has 0 amide bonds. The molecule has 0 bridgehead atoms. The highest BCUT2D eigenvalue weighted by Crippen LogP contribution is 1.60. The van der Waals surface area contributed by atoms with Gasteiger partial charge in [-0.15, -0.1) is 0 Å². The van der Waals surface area contributed by atoms with E-state index in [2.05, 4.69) is 0 Å². The van der Waals surface area contributed by atoms with E-state index in [1.54, 1.807) is 0 Å². The van der Waals surface area contributed by atoms with E-state index in [1.807, 2.05) is 7.74 Å². The van der Waals surface area contributed by atoms with Gasteiger partial charge in [-0.2, -0.15) is 0 Å². The van der Waals surface area contributed by atoms with Crippen LogP contribution in [0.15, 0.2) is 0 Å². The molecular weight excluding hydrogens is 77.6 g/mol. The number of hydrogen-bond donors (Lipinski definition) is 1. The van der Waals surface area contributed by atoms with Gasteiger partial charge < -0.3 is 9.76 Å². The van der Waals surface area contributed by atoms with E-state index in [9.17, 15) is 0 Å². The molecule has 0 aromatic rings. The Morgan fingerprint density at radius 3 is 2.67 bits per heavy atom. The molecule has 0 unspecified atom stereocenters. The zero-order valence-electron chi connectivity index (χ0n) is 3.98. The van der Waals surface area contributed by atoms with Crippen molar-refractivity contribution in [3.8, 4) is 0 Å². The molecule has 34 valence electrons. The predicted molar refractivity (Wildman–Crippen MR) is 28.7 cm³/mol. The first-order chi connectivity index (χ1) is 2.91. The molecule has 0 saturated heterocycles. The van der Waals surface area contributed by atoms with Crippen molar-refractivity contribution in [2.45, 2.75) is 0 Å². The first-order valence-electron chi connectivity index (χ1n) is 2.10. The fourth-order valence-electron chi connectivity index (χ4n) is 0.209. The van der Waals surface area contributed by atoms with Crippen molar-refractivity contribution in [1.29, 1.82) is 0 Å². The SMILES string of the molecule is BBOCCO. The Bertz CT molecular complexity index is 21.5. The summed E-state index contributed by atoms with van der Waals surface area (Å²) in [5, 5.41) is 8.07. The van der Waals surface area contributed by atoms with Crippen molar-refractivity contribution >= 4 is 15.1 Å². The van der Waals surface area contributed by atoms with Gasteiger partial charge in [-0.05, 0) is 0 Å². The van der Waals surface area contributed by atoms with Gasteiger partial charge in [-0.3, -0.25) is 0 Å². The Morgan fingerprint density at radius 2 is 2.50 bits per heavy atom. The monoisotopic (exact) mass is 86.1 g/mol. The molecule has 0 spiro atoms. The van der Waals surface area contributed by atoms with Crippen molar-refractivity contribution < 1.29 is 9.76 Å². The summed E-state index contributed by atoms with van der Waals surface area (Å²) in [7, 11) is 2.59. The summed E-state index contributed by atoms with van der Waals surface area (Å²) >= 11 is 0. The summed E-state index contributed by atoms with van der Waals surface area (Å²) in [6, 6.07) is 0. The predicted octanol–water partition coefficient (Wildman–Crippen LogP) is -2.11. The van der Waals surface area contributed by atoms with Gasteiger partial charge in [-0.1, -0.05) is 0 Å². The third-order valence-corrected chi connectivity index (χ3v) is 0.440. The lowest BCUT2D eigenvalue weighted by Gasteiger charge is -1.90. The number of aliphatic hydroxyl groups is 1. The molecule has 0 fully saturated rings. The molecule has 0 saturated carbocycles. The van der Waals surface area contributed by atoms with Crippen LogP contribution in [0.4, 0.5) is 0 Å². The molecule has 0 aliphatic carbocycles. The van der Waals surface area contributed by atoms with Crippen LogP contribution in [-0.2, 0) is 4.65 Å². The molecule has 6 heavy (non-hydrogen) atoms.